The number of primary amides is 1. The van der Waals surface area contributed by atoms with Gasteiger partial charge in [0, 0.05) is 6.54 Å². The van der Waals surface area contributed by atoms with Crippen LogP contribution in [0.2, 0.25) is 0 Å². The van der Waals surface area contributed by atoms with Crippen molar-refractivity contribution in [1.82, 2.24) is 4.90 Å². The number of likely N-dealkylation sites (tertiary alicyclic amines) is 1. The van der Waals surface area contributed by atoms with Gasteiger partial charge in [-0.25, -0.2) is 0 Å². The van der Waals surface area contributed by atoms with Gasteiger partial charge in [0.1, 0.15) is 0 Å². The molecule has 0 bridgehead atoms. The first kappa shape index (κ1) is 15.5. The highest BCUT2D eigenvalue weighted by Gasteiger charge is 2.37. The number of aliphatic hydroxyl groups is 2. The van der Waals surface area contributed by atoms with Crippen molar-refractivity contribution in [3.05, 3.63) is 35.4 Å². The van der Waals surface area contributed by atoms with E-state index in [1.165, 1.54) is 4.90 Å². The second-order valence-corrected chi connectivity index (χ2v) is 5.40. The minimum atomic E-state index is -1.88. The van der Waals surface area contributed by atoms with Gasteiger partial charge in [-0.2, -0.15) is 0 Å². The molecular formula is C15H20N2O4. The van der Waals surface area contributed by atoms with Crippen LogP contribution in [0.5, 0.6) is 0 Å². The Hall–Kier alpha value is -1.92. The number of amides is 2. The Labute approximate surface area is 123 Å². The van der Waals surface area contributed by atoms with Crippen molar-refractivity contribution in [3.8, 4) is 0 Å². The van der Waals surface area contributed by atoms with E-state index in [-0.39, 0.29) is 6.04 Å². The number of carbonyl (C=O) groups is 2. The Morgan fingerprint density at radius 1 is 1.33 bits per heavy atom. The molecular weight excluding hydrogens is 272 g/mol. The molecule has 21 heavy (non-hydrogen) atoms. The fraction of sp³-hybridized carbons (Fsp3) is 0.467. The maximum atomic E-state index is 12.3. The highest BCUT2D eigenvalue weighted by Crippen LogP contribution is 2.32. The van der Waals surface area contributed by atoms with Gasteiger partial charge in [-0.1, -0.05) is 29.8 Å². The number of nitrogens with zero attached hydrogens (tertiary/aromatic N) is 1. The van der Waals surface area contributed by atoms with E-state index in [1.54, 1.807) is 0 Å². The molecule has 1 aromatic carbocycles. The van der Waals surface area contributed by atoms with Crippen LogP contribution < -0.4 is 5.73 Å². The average molecular weight is 292 g/mol. The van der Waals surface area contributed by atoms with Crippen molar-refractivity contribution in [1.29, 1.82) is 0 Å². The van der Waals surface area contributed by atoms with Gasteiger partial charge in [0.25, 0.3) is 5.91 Å². The highest BCUT2D eigenvalue weighted by atomic mass is 16.3. The molecule has 1 aliphatic rings. The zero-order chi connectivity index (χ0) is 15.6. The number of aliphatic hydroxyl groups excluding tert-OH is 2. The Bertz CT molecular complexity index is 546. The van der Waals surface area contributed by atoms with Gasteiger partial charge < -0.3 is 20.8 Å². The van der Waals surface area contributed by atoms with E-state index >= 15 is 0 Å². The summed E-state index contributed by atoms with van der Waals surface area (Å²) in [6, 6.07) is 7.66. The summed E-state index contributed by atoms with van der Waals surface area (Å²) in [5.74, 6) is -1.77. The number of hydrogen-bond donors (Lipinski definition) is 3. The van der Waals surface area contributed by atoms with Gasteiger partial charge in [-0.05, 0) is 25.3 Å². The van der Waals surface area contributed by atoms with Crippen molar-refractivity contribution in [2.45, 2.75) is 38.0 Å². The number of hydrogen-bond acceptors (Lipinski definition) is 4. The number of benzene rings is 1. The lowest BCUT2D eigenvalue weighted by atomic mass is 10.0. The third-order valence-corrected chi connectivity index (χ3v) is 3.81. The lowest BCUT2D eigenvalue weighted by Crippen LogP contribution is -2.49. The molecule has 1 fully saturated rings. The van der Waals surface area contributed by atoms with Crippen molar-refractivity contribution < 1.29 is 19.8 Å². The molecule has 1 aromatic rings. The summed E-state index contributed by atoms with van der Waals surface area (Å²) >= 11 is 0. The topological polar surface area (TPSA) is 104 Å². The van der Waals surface area contributed by atoms with Crippen molar-refractivity contribution in [2.75, 3.05) is 6.54 Å². The first-order chi connectivity index (χ1) is 9.91. The molecule has 114 valence electrons. The van der Waals surface area contributed by atoms with Crippen LogP contribution in [0.25, 0.3) is 0 Å². The summed E-state index contributed by atoms with van der Waals surface area (Å²) < 4.78 is 0. The van der Waals surface area contributed by atoms with Crippen LogP contribution in [0.1, 0.15) is 30.0 Å². The van der Waals surface area contributed by atoms with Gasteiger partial charge in [0.2, 0.25) is 5.91 Å². The van der Waals surface area contributed by atoms with Crippen LogP contribution in [0.4, 0.5) is 0 Å². The molecule has 0 aromatic heterocycles. The van der Waals surface area contributed by atoms with E-state index < -0.39 is 24.0 Å². The summed E-state index contributed by atoms with van der Waals surface area (Å²) in [6.45, 7) is 2.45. The maximum absolute atomic E-state index is 12.3. The van der Waals surface area contributed by atoms with Crippen LogP contribution in [0.15, 0.2) is 24.3 Å². The molecule has 0 saturated carbocycles. The molecule has 1 unspecified atom stereocenters. The van der Waals surface area contributed by atoms with E-state index in [0.717, 1.165) is 24.0 Å². The van der Waals surface area contributed by atoms with Gasteiger partial charge >= 0.3 is 0 Å². The van der Waals surface area contributed by atoms with Gasteiger partial charge in [0.15, 0.2) is 12.2 Å². The van der Waals surface area contributed by atoms with E-state index in [1.807, 2.05) is 31.2 Å². The second-order valence-electron chi connectivity index (χ2n) is 5.40. The standard InChI is InChI=1S/C15H20N2O4/c1-9-4-2-5-10(8-9)11-6-3-7-17(11)15(21)13(19)12(18)14(16)20/h2,4-5,8,11-13,18-19H,3,6-7H2,1H3,(H2,16,20)/t11?,12-,13-/m1/s1. The zero-order valence-electron chi connectivity index (χ0n) is 11.9. The summed E-state index contributed by atoms with van der Waals surface area (Å²) in [5.41, 5.74) is 6.99. The summed E-state index contributed by atoms with van der Waals surface area (Å²) in [5, 5.41) is 19.2. The van der Waals surface area contributed by atoms with E-state index in [9.17, 15) is 19.8 Å². The molecule has 0 radical (unpaired) electrons. The quantitative estimate of drug-likeness (QED) is 0.719. The lowest BCUT2D eigenvalue weighted by molar-refractivity contribution is -0.152. The van der Waals surface area contributed by atoms with Crippen molar-refractivity contribution in [2.24, 2.45) is 5.73 Å². The Morgan fingerprint density at radius 2 is 2.05 bits per heavy atom. The first-order valence-corrected chi connectivity index (χ1v) is 6.94. The largest absolute Gasteiger partial charge is 0.380 e. The van der Waals surface area contributed by atoms with E-state index in [4.69, 9.17) is 5.73 Å². The predicted octanol–water partition coefficient (Wildman–Crippen LogP) is -0.134. The molecule has 6 nitrogen and oxygen atoms in total. The number of rotatable bonds is 4. The molecule has 4 N–H and O–H groups in total. The normalized spacial score (nSPS) is 21.1. The highest BCUT2D eigenvalue weighted by molar-refractivity contribution is 5.90. The van der Waals surface area contributed by atoms with Crippen LogP contribution in [0, 0.1) is 6.92 Å². The zero-order valence-corrected chi connectivity index (χ0v) is 11.9. The Morgan fingerprint density at radius 3 is 2.67 bits per heavy atom. The number of aryl methyl sites for hydroxylation is 1. The molecule has 3 atom stereocenters. The number of nitrogens with two attached hydrogens (primary N) is 1. The Balaban J connectivity index is 2.18. The SMILES string of the molecule is Cc1cccc(C2CCCN2C(=O)[C@H](O)[C@@H](O)C(N)=O)c1. The average Bonchev–Trinajstić information content (AvgIpc) is 2.94. The fourth-order valence-corrected chi connectivity index (χ4v) is 2.71. The summed E-state index contributed by atoms with van der Waals surface area (Å²) in [7, 11) is 0. The van der Waals surface area contributed by atoms with E-state index in [2.05, 4.69) is 0 Å². The summed E-state index contributed by atoms with van der Waals surface area (Å²) in [6.07, 6.45) is -2.10. The molecule has 1 saturated heterocycles. The number of carbonyl (C=O) groups excluding carboxylic acids is 2. The fourth-order valence-electron chi connectivity index (χ4n) is 2.71. The third kappa shape index (κ3) is 3.22. The van der Waals surface area contributed by atoms with Crippen molar-refractivity contribution in [3.63, 3.8) is 0 Å². The predicted molar refractivity (Wildman–Crippen MR) is 76.1 cm³/mol. The monoisotopic (exact) mass is 292 g/mol. The lowest BCUT2D eigenvalue weighted by Gasteiger charge is -2.28. The maximum Gasteiger partial charge on any atom is 0.255 e. The first-order valence-electron chi connectivity index (χ1n) is 6.94. The van der Waals surface area contributed by atoms with Crippen LogP contribution in [-0.4, -0.2) is 45.7 Å². The smallest absolute Gasteiger partial charge is 0.255 e. The van der Waals surface area contributed by atoms with Gasteiger partial charge in [-0.15, -0.1) is 0 Å². The third-order valence-electron chi connectivity index (χ3n) is 3.81. The molecule has 1 aliphatic heterocycles. The molecule has 1 heterocycles. The molecule has 6 heteroatoms. The second kappa shape index (κ2) is 6.24. The Kier molecular flexibility index (Phi) is 4.59. The van der Waals surface area contributed by atoms with Gasteiger partial charge in [-0.3, -0.25) is 9.59 Å². The van der Waals surface area contributed by atoms with Crippen LogP contribution in [0.3, 0.4) is 0 Å². The molecule has 2 rings (SSSR count). The van der Waals surface area contributed by atoms with Crippen molar-refractivity contribution >= 4 is 11.8 Å². The molecule has 0 spiro atoms. The minimum absolute atomic E-state index is 0.146. The summed E-state index contributed by atoms with van der Waals surface area (Å²) in [4.78, 5) is 24.7. The van der Waals surface area contributed by atoms with Crippen LogP contribution >= 0.6 is 0 Å². The van der Waals surface area contributed by atoms with Gasteiger partial charge in [0.05, 0.1) is 6.04 Å². The minimum Gasteiger partial charge on any atom is -0.380 e. The molecule has 2 amide bonds. The van der Waals surface area contributed by atoms with E-state index in [0.29, 0.717) is 6.54 Å². The van der Waals surface area contributed by atoms with Crippen LogP contribution in [-0.2, 0) is 9.59 Å². The molecule has 0 aliphatic carbocycles.